The molecule has 1 amide bonds. The van der Waals surface area contributed by atoms with E-state index >= 15 is 4.39 Å². The summed E-state index contributed by atoms with van der Waals surface area (Å²) in [6, 6.07) is 12.3. The number of nitriles is 1. The number of rotatable bonds is 6. The number of benzene rings is 2. The standard InChI is InChI=1S/C37H36ClFN6O2/c1-3-31(46)45-19-18-43(22-25(45)21-41-2)35-28-13-12-27(26-10-4-8-24-9-5-11-30(38)32(24)26)33(39)34(28)42-36(29(35)20-40)47-23-37-14-6-16-44(37)17-7-15-37/h3-5,8-13,25,28,34H,1,6-7,14-19,21-23H2/t25-,28?,34?/m0/s1. The third-order valence-corrected chi connectivity index (χ3v) is 10.8. The Balaban J connectivity index is 1.31. The van der Waals surface area contributed by atoms with Crippen LogP contribution in [0, 0.1) is 23.8 Å². The highest BCUT2D eigenvalue weighted by molar-refractivity contribution is 6.36. The van der Waals surface area contributed by atoms with Crippen molar-refractivity contribution in [2.24, 2.45) is 10.9 Å². The van der Waals surface area contributed by atoms with E-state index in [0.29, 0.717) is 48.1 Å². The van der Waals surface area contributed by atoms with Crippen LogP contribution < -0.4 is 0 Å². The van der Waals surface area contributed by atoms with Crippen LogP contribution in [0.15, 0.2) is 83.3 Å². The monoisotopic (exact) mass is 650 g/mol. The summed E-state index contributed by atoms with van der Waals surface area (Å²) < 4.78 is 23.5. The molecular weight excluding hydrogens is 615 g/mol. The summed E-state index contributed by atoms with van der Waals surface area (Å²) in [5, 5.41) is 12.9. The quantitative estimate of drug-likeness (QED) is 0.276. The highest BCUT2D eigenvalue weighted by atomic mass is 35.5. The van der Waals surface area contributed by atoms with E-state index < -0.39 is 23.8 Å². The molecule has 3 atom stereocenters. The van der Waals surface area contributed by atoms with Crippen LogP contribution in [0.2, 0.25) is 5.02 Å². The van der Waals surface area contributed by atoms with Gasteiger partial charge in [-0.05, 0) is 61.9 Å². The maximum Gasteiger partial charge on any atom is 0.246 e. The fourth-order valence-electron chi connectivity index (χ4n) is 8.27. The van der Waals surface area contributed by atoms with Crippen molar-refractivity contribution in [1.82, 2.24) is 14.7 Å². The average molecular weight is 651 g/mol. The van der Waals surface area contributed by atoms with Gasteiger partial charge in [0.1, 0.15) is 36.2 Å². The molecule has 0 N–H and O–H groups in total. The normalized spacial score (nSPS) is 25.3. The Bertz CT molecular complexity index is 1840. The molecule has 10 heteroatoms. The Labute approximate surface area is 279 Å². The van der Waals surface area contributed by atoms with E-state index in [-0.39, 0.29) is 29.5 Å². The van der Waals surface area contributed by atoms with Crippen LogP contribution in [0.1, 0.15) is 31.2 Å². The Morgan fingerprint density at radius 1 is 1.21 bits per heavy atom. The lowest BCUT2D eigenvalue weighted by Crippen LogP contribution is -2.57. The van der Waals surface area contributed by atoms with Gasteiger partial charge in [0.05, 0.1) is 5.54 Å². The van der Waals surface area contributed by atoms with E-state index in [0.717, 1.165) is 49.5 Å². The van der Waals surface area contributed by atoms with Gasteiger partial charge in [-0.25, -0.2) is 16.0 Å². The lowest BCUT2D eigenvalue weighted by molar-refractivity contribution is -0.130. The van der Waals surface area contributed by atoms with Crippen LogP contribution in [-0.4, -0.2) is 90.0 Å². The maximum atomic E-state index is 17.0. The van der Waals surface area contributed by atoms with Crippen LogP contribution in [0.5, 0.6) is 0 Å². The van der Waals surface area contributed by atoms with Crippen LogP contribution >= 0.6 is 11.6 Å². The number of amides is 1. The first kappa shape index (κ1) is 31.2. The van der Waals surface area contributed by atoms with Crippen molar-refractivity contribution >= 4 is 39.8 Å². The number of fused-ring (bicyclic) bond motifs is 3. The van der Waals surface area contributed by atoms with Crippen molar-refractivity contribution < 1.29 is 13.9 Å². The molecule has 8 nitrogen and oxygen atoms in total. The van der Waals surface area contributed by atoms with Gasteiger partial charge in [-0.3, -0.25) is 9.69 Å². The van der Waals surface area contributed by atoms with E-state index in [1.807, 2.05) is 41.3 Å². The number of ether oxygens (including phenoxy) is 1. The number of aliphatic imine (C=N–C) groups is 1. The smallest absolute Gasteiger partial charge is 0.246 e. The third-order valence-electron chi connectivity index (χ3n) is 10.5. The fourth-order valence-corrected chi connectivity index (χ4v) is 8.56. The van der Waals surface area contributed by atoms with E-state index in [4.69, 9.17) is 27.9 Å². The van der Waals surface area contributed by atoms with Gasteiger partial charge in [0, 0.05) is 47.2 Å². The summed E-state index contributed by atoms with van der Waals surface area (Å²) in [5.41, 5.74) is 1.88. The summed E-state index contributed by atoms with van der Waals surface area (Å²) in [6.07, 6.45) is 9.20. The topological polar surface area (TPSA) is 76.5 Å². The SMILES string of the molecule is [C-]#[N+]C[C@H]1CN(C2=C(C#N)C(OCC34CCCN3CCC4)=NC3C(F)=C(c4cccc5cccc(Cl)c45)C=CC23)CCN1C(=O)C=C. The molecule has 4 aliphatic heterocycles. The van der Waals surface area contributed by atoms with E-state index in [1.165, 1.54) is 6.08 Å². The van der Waals surface area contributed by atoms with Gasteiger partial charge in [0.2, 0.25) is 18.3 Å². The second kappa shape index (κ2) is 12.6. The highest BCUT2D eigenvalue weighted by Crippen LogP contribution is 2.45. The number of halogens is 2. The van der Waals surface area contributed by atoms with Crippen molar-refractivity contribution in [3.8, 4) is 6.07 Å². The number of piperazine rings is 1. The van der Waals surface area contributed by atoms with Gasteiger partial charge in [-0.2, -0.15) is 5.26 Å². The van der Waals surface area contributed by atoms with Crippen LogP contribution in [0.4, 0.5) is 4.39 Å². The molecular formula is C37H36ClFN6O2. The molecule has 3 fully saturated rings. The first-order valence-corrected chi connectivity index (χ1v) is 16.6. The van der Waals surface area contributed by atoms with Crippen molar-refractivity contribution in [3.05, 3.63) is 100 Å². The summed E-state index contributed by atoms with van der Waals surface area (Å²) >= 11 is 6.66. The summed E-state index contributed by atoms with van der Waals surface area (Å²) in [4.78, 5) is 27.3. The molecule has 0 radical (unpaired) electrons. The predicted octanol–water partition coefficient (Wildman–Crippen LogP) is 6.18. The zero-order chi connectivity index (χ0) is 32.7. The molecule has 0 bridgehead atoms. The Kier molecular flexibility index (Phi) is 8.38. The van der Waals surface area contributed by atoms with Crippen molar-refractivity contribution in [2.75, 3.05) is 45.9 Å². The number of carbonyl (C=O) groups is 1. The van der Waals surface area contributed by atoms with Gasteiger partial charge in [-0.15, -0.1) is 0 Å². The number of allylic oxidation sites excluding steroid dienone is 2. The van der Waals surface area contributed by atoms with Crippen molar-refractivity contribution in [2.45, 2.75) is 43.3 Å². The second-order valence-corrected chi connectivity index (χ2v) is 13.3. The van der Waals surface area contributed by atoms with E-state index in [1.54, 1.807) is 17.0 Å². The summed E-state index contributed by atoms with van der Waals surface area (Å²) in [7, 11) is 0. The average Bonchev–Trinajstić information content (AvgIpc) is 3.67. The van der Waals surface area contributed by atoms with E-state index in [9.17, 15) is 10.1 Å². The Morgan fingerprint density at radius 3 is 2.70 bits per heavy atom. The fraction of sp³-hybridized carbons (Fsp3) is 0.405. The van der Waals surface area contributed by atoms with Gasteiger partial charge in [-0.1, -0.05) is 60.7 Å². The zero-order valence-corrected chi connectivity index (χ0v) is 26.9. The van der Waals surface area contributed by atoms with Crippen LogP contribution in [0.25, 0.3) is 21.2 Å². The number of carbonyl (C=O) groups excluding carboxylic acids is 1. The Morgan fingerprint density at radius 2 is 1.98 bits per heavy atom. The summed E-state index contributed by atoms with van der Waals surface area (Å²) in [6.45, 7) is 14.8. The molecule has 7 rings (SSSR count). The number of hydrogen-bond donors (Lipinski definition) is 0. The number of dihydropyridines is 1. The minimum atomic E-state index is -0.956. The van der Waals surface area contributed by atoms with Gasteiger partial charge in [0.25, 0.3) is 0 Å². The van der Waals surface area contributed by atoms with Crippen molar-refractivity contribution in [1.29, 1.82) is 5.26 Å². The lowest BCUT2D eigenvalue weighted by atomic mass is 9.81. The minimum absolute atomic E-state index is 0.0940. The van der Waals surface area contributed by atoms with Gasteiger partial charge in [0.15, 0.2) is 0 Å². The molecule has 47 heavy (non-hydrogen) atoms. The first-order valence-electron chi connectivity index (χ1n) is 16.3. The number of nitrogens with zero attached hydrogens (tertiary/aromatic N) is 6. The molecule has 5 aliphatic rings. The van der Waals surface area contributed by atoms with Crippen molar-refractivity contribution in [3.63, 3.8) is 0 Å². The molecule has 4 heterocycles. The third kappa shape index (κ3) is 5.32. The molecule has 0 spiro atoms. The molecule has 0 saturated carbocycles. The molecule has 1 aliphatic carbocycles. The maximum absolute atomic E-state index is 17.0. The largest absolute Gasteiger partial charge is 0.475 e. The zero-order valence-electron chi connectivity index (χ0n) is 26.2. The van der Waals surface area contributed by atoms with Gasteiger partial charge < -0.3 is 19.4 Å². The lowest BCUT2D eigenvalue weighted by Gasteiger charge is -2.45. The molecule has 3 saturated heterocycles. The number of hydrogen-bond acceptors (Lipinski definition) is 6. The summed E-state index contributed by atoms with van der Waals surface area (Å²) in [5.74, 6) is -1.07. The molecule has 2 aromatic rings. The highest BCUT2D eigenvalue weighted by Gasteiger charge is 2.47. The minimum Gasteiger partial charge on any atom is -0.475 e. The van der Waals surface area contributed by atoms with Crippen LogP contribution in [0.3, 0.4) is 0 Å². The second-order valence-electron chi connectivity index (χ2n) is 12.9. The Hall–Kier alpha value is -4.44. The predicted molar refractivity (Wildman–Crippen MR) is 181 cm³/mol. The molecule has 2 aromatic carbocycles. The van der Waals surface area contributed by atoms with Crippen LogP contribution in [-0.2, 0) is 9.53 Å². The first-order chi connectivity index (χ1) is 22.9. The van der Waals surface area contributed by atoms with E-state index in [2.05, 4.69) is 22.4 Å². The molecule has 0 aromatic heterocycles. The molecule has 2 unspecified atom stereocenters. The van der Waals surface area contributed by atoms with Gasteiger partial charge >= 0.3 is 0 Å². The molecule has 240 valence electrons.